The van der Waals surface area contributed by atoms with Crippen molar-refractivity contribution in [2.45, 2.75) is 19.4 Å². The Morgan fingerprint density at radius 2 is 1.90 bits per heavy atom. The Morgan fingerprint density at radius 1 is 1.17 bits per heavy atom. The molecule has 9 nitrogen and oxygen atoms in total. The van der Waals surface area contributed by atoms with Crippen LogP contribution in [0, 0.1) is 0 Å². The number of carboxylic acid groups (broad SMARTS) is 1. The van der Waals surface area contributed by atoms with E-state index in [4.69, 9.17) is 4.74 Å². The summed E-state index contributed by atoms with van der Waals surface area (Å²) in [5, 5.41) is 25.5. The van der Waals surface area contributed by atoms with Gasteiger partial charge in [0.15, 0.2) is 11.5 Å². The van der Waals surface area contributed by atoms with Crippen LogP contribution >= 0.6 is 0 Å². The molecular formula is C20H20N4O5. The fourth-order valence-corrected chi connectivity index (χ4v) is 2.88. The number of nitrogens with zero attached hydrogens (tertiary/aromatic N) is 2. The van der Waals surface area contributed by atoms with Crippen molar-refractivity contribution in [3.63, 3.8) is 0 Å². The van der Waals surface area contributed by atoms with Crippen LogP contribution in [-0.4, -0.2) is 45.2 Å². The van der Waals surface area contributed by atoms with Crippen molar-refractivity contribution in [1.82, 2.24) is 15.3 Å². The van der Waals surface area contributed by atoms with Gasteiger partial charge in [-0.15, -0.1) is 0 Å². The number of anilines is 2. The summed E-state index contributed by atoms with van der Waals surface area (Å²) in [7, 11) is 1.46. The molecule has 4 N–H and O–H groups in total. The highest BCUT2D eigenvalue weighted by atomic mass is 16.5. The average Bonchev–Trinajstić information content (AvgIpc) is 2.68. The molecular weight excluding hydrogens is 376 g/mol. The van der Waals surface area contributed by atoms with Gasteiger partial charge in [0.25, 0.3) is 0 Å². The van der Waals surface area contributed by atoms with Crippen LogP contribution in [0.4, 0.5) is 11.5 Å². The first-order chi connectivity index (χ1) is 13.9. The van der Waals surface area contributed by atoms with Gasteiger partial charge in [-0.05, 0) is 23.8 Å². The number of aromatic nitrogens is 2. The van der Waals surface area contributed by atoms with Gasteiger partial charge in [0.05, 0.1) is 12.6 Å². The zero-order chi connectivity index (χ0) is 21.0. The van der Waals surface area contributed by atoms with Crippen LogP contribution in [-0.2, 0) is 16.0 Å². The number of fused-ring (bicyclic) bond motifs is 1. The van der Waals surface area contributed by atoms with E-state index in [1.165, 1.54) is 26.4 Å². The van der Waals surface area contributed by atoms with Crippen molar-refractivity contribution in [2.24, 2.45) is 0 Å². The van der Waals surface area contributed by atoms with Gasteiger partial charge in [-0.2, -0.15) is 0 Å². The second kappa shape index (κ2) is 8.42. The maximum Gasteiger partial charge on any atom is 0.326 e. The lowest BCUT2D eigenvalue weighted by atomic mass is 10.1. The number of methoxy groups -OCH3 is 1. The van der Waals surface area contributed by atoms with Crippen LogP contribution in [0.3, 0.4) is 0 Å². The maximum absolute atomic E-state index is 11.3. The summed E-state index contributed by atoms with van der Waals surface area (Å²) in [5.74, 6) is -0.691. The fourth-order valence-electron chi connectivity index (χ4n) is 2.88. The lowest BCUT2D eigenvalue weighted by Crippen LogP contribution is -2.41. The van der Waals surface area contributed by atoms with Gasteiger partial charge in [-0.3, -0.25) is 4.79 Å². The molecule has 1 aromatic heterocycles. The Hall–Kier alpha value is -3.88. The minimum atomic E-state index is -1.09. The zero-order valence-corrected chi connectivity index (χ0v) is 15.8. The maximum atomic E-state index is 11.3. The number of aliphatic carboxylic acids is 1. The standard InChI is InChI=1S/C20H20N4O5/c1-11(25)23-16(20(27)28)7-12-3-5-13(6-4-12)24-19-14-8-17(26)18(29-2)9-15(14)21-10-22-19/h3-6,8-10,16,26H,7H2,1-2H3,(H,23,25)(H,27,28)(H,21,22,24). The van der Waals surface area contributed by atoms with E-state index in [1.54, 1.807) is 30.3 Å². The second-order valence-electron chi connectivity index (χ2n) is 6.38. The zero-order valence-electron chi connectivity index (χ0n) is 15.8. The van der Waals surface area contributed by atoms with Crippen LogP contribution in [0.1, 0.15) is 12.5 Å². The molecule has 0 radical (unpaired) electrons. The molecule has 0 aliphatic heterocycles. The van der Waals surface area contributed by atoms with E-state index < -0.39 is 17.9 Å². The molecule has 0 saturated carbocycles. The molecule has 0 fully saturated rings. The molecule has 29 heavy (non-hydrogen) atoms. The summed E-state index contributed by atoms with van der Waals surface area (Å²) in [6, 6.07) is 9.24. The van der Waals surface area contributed by atoms with Crippen LogP contribution in [0.15, 0.2) is 42.7 Å². The lowest BCUT2D eigenvalue weighted by molar-refractivity contribution is -0.141. The number of rotatable bonds is 7. The van der Waals surface area contributed by atoms with Crippen LogP contribution in [0.25, 0.3) is 10.9 Å². The van der Waals surface area contributed by atoms with Gasteiger partial charge >= 0.3 is 5.97 Å². The van der Waals surface area contributed by atoms with Gasteiger partial charge in [-0.25, -0.2) is 14.8 Å². The van der Waals surface area contributed by atoms with E-state index in [1.807, 2.05) is 0 Å². The molecule has 3 rings (SSSR count). The Balaban J connectivity index is 1.80. The van der Waals surface area contributed by atoms with E-state index >= 15 is 0 Å². The molecule has 9 heteroatoms. The van der Waals surface area contributed by atoms with Crippen molar-refractivity contribution in [2.75, 3.05) is 12.4 Å². The summed E-state index contributed by atoms with van der Waals surface area (Å²) in [5.41, 5.74) is 2.08. The molecule has 0 aliphatic rings. The summed E-state index contributed by atoms with van der Waals surface area (Å²) < 4.78 is 5.10. The Morgan fingerprint density at radius 3 is 2.52 bits per heavy atom. The number of nitrogens with one attached hydrogen (secondary N) is 2. The van der Waals surface area contributed by atoms with E-state index in [9.17, 15) is 19.8 Å². The number of aromatic hydroxyl groups is 1. The molecule has 1 amide bonds. The van der Waals surface area contributed by atoms with Crippen molar-refractivity contribution in [3.8, 4) is 11.5 Å². The van der Waals surface area contributed by atoms with Gasteiger partial charge in [0.1, 0.15) is 18.2 Å². The van der Waals surface area contributed by atoms with Gasteiger partial charge in [-0.1, -0.05) is 12.1 Å². The monoisotopic (exact) mass is 396 g/mol. The highest BCUT2D eigenvalue weighted by Crippen LogP contribution is 2.33. The molecule has 0 bridgehead atoms. The first kappa shape index (κ1) is 19.9. The minimum absolute atomic E-state index is 0.0223. The van der Waals surface area contributed by atoms with E-state index in [2.05, 4.69) is 20.6 Å². The van der Waals surface area contributed by atoms with Crippen molar-refractivity contribution in [3.05, 3.63) is 48.3 Å². The minimum Gasteiger partial charge on any atom is -0.504 e. The number of amides is 1. The normalized spacial score (nSPS) is 11.7. The van der Waals surface area contributed by atoms with Crippen LogP contribution in [0.2, 0.25) is 0 Å². The van der Waals surface area contributed by atoms with Gasteiger partial charge in [0, 0.05) is 30.5 Å². The summed E-state index contributed by atoms with van der Waals surface area (Å²) >= 11 is 0. The lowest BCUT2D eigenvalue weighted by Gasteiger charge is -2.14. The molecule has 1 atom stereocenters. The number of carboxylic acids is 1. The topological polar surface area (TPSA) is 134 Å². The molecule has 1 heterocycles. The largest absolute Gasteiger partial charge is 0.504 e. The number of hydrogen-bond acceptors (Lipinski definition) is 7. The summed E-state index contributed by atoms with van der Waals surface area (Å²) in [6.07, 6.45) is 1.57. The average molecular weight is 396 g/mol. The third-order valence-electron chi connectivity index (χ3n) is 4.27. The SMILES string of the molecule is COc1cc2ncnc(Nc3ccc(CC(NC(C)=O)C(=O)O)cc3)c2cc1O. The second-order valence-corrected chi connectivity index (χ2v) is 6.38. The number of phenols is 1. The number of phenolic OH excluding ortho intramolecular Hbond substituents is 1. The first-order valence-electron chi connectivity index (χ1n) is 8.75. The number of benzene rings is 2. The number of carbonyl (C=O) groups excluding carboxylic acids is 1. The van der Waals surface area contributed by atoms with Crippen molar-refractivity contribution >= 4 is 34.3 Å². The number of hydrogen-bond donors (Lipinski definition) is 4. The highest BCUT2D eigenvalue weighted by molar-refractivity contribution is 5.93. The van der Waals surface area contributed by atoms with Gasteiger partial charge in [0.2, 0.25) is 5.91 Å². The molecule has 1 unspecified atom stereocenters. The van der Waals surface area contributed by atoms with Crippen LogP contribution in [0.5, 0.6) is 11.5 Å². The van der Waals surface area contributed by atoms with Crippen molar-refractivity contribution in [1.29, 1.82) is 0 Å². The fraction of sp³-hybridized carbons (Fsp3) is 0.200. The number of ether oxygens (including phenoxy) is 1. The van der Waals surface area contributed by atoms with E-state index in [0.29, 0.717) is 22.5 Å². The molecule has 0 saturated heterocycles. The molecule has 2 aromatic carbocycles. The number of carbonyl (C=O) groups is 2. The van der Waals surface area contributed by atoms with Gasteiger partial charge < -0.3 is 25.6 Å². The Labute approximate surface area is 166 Å². The predicted octanol–water partition coefficient (Wildman–Crippen LogP) is 2.22. The quantitative estimate of drug-likeness (QED) is 0.478. The predicted molar refractivity (Wildman–Crippen MR) is 106 cm³/mol. The highest BCUT2D eigenvalue weighted by Gasteiger charge is 2.18. The molecule has 0 spiro atoms. The third-order valence-corrected chi connectivity index (χ3v) is 4.27. The van der Waals surface area contributed by atoms with Crippen LogP contribution < -0.4 is 15.4 Å². The Kier molecular flexibility index (Phi) is 5.77. The van der Waals surface area contributed by atoms with Crippen molar-refractivity contribution < 1.29 is 24.5 Å². The summed E-state index contributed by atoms with van der Waals surface area (Å²) in [6.45, 7) is 1.28. The van der Waals surface area contributed by atoms with E-state index in [-0.39, 0.29) is 12.2 Å². The molecule has 150 valence electrons. The first-order valence-corrected chi connectivity index (χ1v) is 8.75. The smallest absolute Gasteiger partial charge is 0.326 e. The molecule has 0 aliphatic carbocycles. The molecule has 3 aromatic rings. The third kappa shape index (κ3) is 4.70. The van der Waals surface area contributed by atoms with E-state index in [0.717, 1.165) is 11.3 Å². The Bertz CT molecular complexity index is 1050. The summed E-state index contributed by atoms with van der Waals surface area (Å²) in [4.78, 5) is 30.8.